The lowest BCUT2D eigenvalue weighted by Crippen LogP contribution is -2.44. The molecule has 0 bridgehead atoms. The van der Waals surface area contributed by atoms with Crippen molar-refractivity contribution in [3.8, 4) is 0 Å². The minimum atomic E-state index is -2.44. The van der Waals surface area contributed by atoms with E-state index in [0.29, 0.717) is 6.61 Å². The van der Waals surface area contributed by atoms with E-state index in [4.69, 9.17) is 4.74 Å². The zero-order chi connectivity index (χ0) is 9.76. The molecule has 1 N–H and O–H groups in total. The third-order valence-corrected chi connectivity index (χ3v) is 3.85. The summed E-state index contributed by atoms with van der Waals surface area (Å²) in [6.07, 6.45) is 1.62. The highest BCUT2D eigenvalue weighted by atomic mass is 35.5. The maximum absolute atomic E-state index is 13.5. The van der Waals surface area contributed by atoms with Crippen molar-refractivity contribution in [2.45, 2.75) is 24.9 Å². The van der Waals surface area contributed by atoms with Gasteiger partial charge in [0.15, 0.2) is 0 Å². The van der Waals surface area contributed by atoms with Crippen LogP contribution in [0.3, 0.4) is 0 Å². The van der Waals surface area contributed by atoms with Crippen molar-refractivity contribution in [3.05, 3.63) is 0 Å². The van der Waals surface area contributed by atoms with Crippen LogP contribution in [0.1, 0.15) is 12.8 Å². The van der Waals surface area contributed by atoms with Crippen molar-refractivity contribution in [1.82, 2.24) is 5.32 Å². The van der Waals surface area contributed by atoms with Crippen molar-refractivity contribution in [1.29, 1.82) is 0 Å². The molecule has 2 aliphatic heterocycles. The summed E-state index contributed by atoms with van der Waals surface area (Å²) in [5, 5.41) is 3.06. The van der Waals surface area contributed by atoms with Gasteiger partial charge >= 0.3 is 0 Å². The van der Waals surface area contributed by atoms with Gasteiger partial charge in [-0.15, -0.1) is 12.4 Å². The van der Waals surface area contributed by atoms with Crippen molar-refractivity contribution in [2.24, 2.45) is 17.8 Å². The quantitative estimate of drug-likeness (QED) is 0.792. The van der Waals surface area contributed by atoms with Gasteiger partial charge in [-0.3, -0.25) is 0 Å². The minimum absolute atomic E-state index is 0. The average molecular weight is 240 g/mol. The Morgan fingerprint density at radius 3 is 2.40 bits per heavy atom. The monoisotopic (exact) mass is 239 g/mol. The van der Waals surface area contributed by atoms with E-state index in [0.717, 1.165) is 25.9 Å². The number of hydrogen-bond acceptors (Lipinski definition) is 2. The Bertz CT molecular complexity index is 242. The Balaban J connectivity index is 0.000000853. The summed E-state index contributed by atoms with van der Waals surface area (Å²) in [6.45, 7) is 2.21. The fourth-order valence-corrected chi connectivity index (χ4v) is 2.91. The fourth-order valence-electron chi connectivity index (χ4n) is 2.91. The van der Waals surface area contributed by atoms with E-state index in [-0.39, 0.29) is 24.4 Å². The summed E-state index contributed by atoms with van der Waals surface area (Å²) in [5.74, 6) is -3.12. The van der Waals surface area contributed by atoms with Gasteiger partial charge in [-0.1, -0.05) is 0 Å². The lowest BCUT2D eigenvalue weighted by molar-refractivity contribution is 0.0273. The maximum atomic E-state index is 13.5. The summed E-state index contributed by atoms with van der Waals surface area (Å²) in [7, 11) is 0. The van der Waals surface area contributed by atoms with Crippen molar-refractivity contribution in [2.75, 3.05) is 19.7 Å². The van der Waals surface area contributed by atoms with Crippen molar-refractivity contribution < 1.29 is 13.5 Å². The minimum Gasteiger partial charge on any atom is -0.378 e. The largest absolute Gasteiger partial charge is 0.378 e. The van der Waals surface area contributed by atoms with Crippen LogP contribution in [0, 0.1) is 17.8 Å². The summed E-state index contributed by atoms with van der Waals surface area (Å²) in [4.78, 5) is 0. The molecule has 3 atom stereocenters. The second-order valence-corrected chi connectivity index (χ2v) is 4.70. The SMILES string of the molecule is Cl.FC1(F)C(C2CNC2)C1C1CCCO1. The Kier molecular flexibility index (Phi) is 2.95. The zero-order valence-electron chi connectivity index (χ0n) is 8.42. The molecule has 88 valence electrons. The smallest absolute Gasteiger partial charge is 0.257 e. The Morgan fingerprint density at radius 2 is 1.93 bits per heavy atom. The molecule has 2 saturated heterocycles. The van der Waals surface area contributed by atoms with Gasteiger partial charge in [0, 0.05) is 12.5 Å². The Labute approximate surface area is 94.2 Å². The third kappa shape index (κ3) is 1.67. The maximum Gasteiger partial charge on any atom is 0.257 e. The van der Waals surface area contributed by atoms with Crippen LogP contribution in [0.2, 0.25) is 0 Å². The van der Waals surface area contributed by atoms with Crippen LogP contribution in [-0.4, -0.2) is 31.7 Å². The van der Waals surface area contributed by atoms with E-state index < -0.39 is 17.8 Å². The normalized spacial score (nSPS) is 43.2. The average Bonchev–Trinajstić information content (AvgIpc) is 2.52. The molecular weight excluding hydrogens is 224 g/mol. The van der Waals surface area contributed by atoms with Gasteiger partial charge in [0.1, 0.15) is 0 Å². The second kappa shape index (κ2) is 3.82. The fraction of sp³-hybridized carbons (Fsp3) is 1.00. The summed E-state index contributed by atoms with van der Waals surface area (Å²) < 4.78 is 32.3. The molecule has 5 heteroatoms. The van der Waals surface area contributed by atoms with E-state index in [1.807, 2.05) is 0 Å². The van der Waals surface area contributed by atoms with Gasteiger partial charge in [-0.05, 0) is 31.8 Å². The highest BCUT2D eigenvalue weighted by Crippen LogP contribution is 2.62. The van der Waals surface area contributed by atoms with Crippen LogP contribution in [0.15, 0.2) is 0 Å². The van der Waals surface area contributed by atoms with Crippen molar-refractivity contribution >= 4 is 12.4 Å². The van der Waals surface area contributed by atoms with Gasteiger partial charge in [0.25, 0.3) is 5.92 Å². The first kappa shape index (κ1) is 11.6. The topological polar surface area (TPSA) is 21.3 Å². The predicted molar refractivity (Wildman–Crippen MR) is 54.5 cm³/mol. The Morgan fingerprint density at radius 1 is 1.20 bits per heavy atom. The second-order valence-electron chi connectivity index (χ2n) is 4.70. The van der Waals surface area contributed by atoms with E-state index in [1.165, 1.54) is 0 Å². The standard InChI is InChI=1S/C10H15F2NO.ClH/c11-10(12)8(6-4-13-5-6)9(10)7-2-1-3-14-7;/h6-9,13H,1-5H2;1H. The number of halogens is 3. The molecule has 3 unspecified atom stereocenters. The van der Waals surface area contributed by atoms with Crippen LogP contribution in [0.5, 0.6) is 0 Å². The Hall–Kier alpha value is 0.0700. The van der Waals surface area contributed by atoms with Gasteiger partial charge in [-0.2, -0.15) is 0 Å². The highest BCUT2D eigenvalue weighted by Gasteiger charge is 2.73. The zero-order valence-corrected chi connectivity index (χ0v) is 9.23. The summed E-state index contributed by atoms with van der Waals surface area (Å²) >= 11 is 0. The molecule has 2 heterocycles. The van der Waals surface area contributed by atoms with Crippen LogP contribution >= 0.6 is 12.4 Å². The van der Waals surface area contributed by atoms with E-state index in [2.05, 4.69) is 5.32 Å². The van der Waals surface area contributed by atoms with Gasteiger partial charge in [-0.25, -0.2) is 8.78 Å². The van der Waals surface area contributed by atoms with Gasteiger partial charge in [0.05, 0.1) is 12.0 Å². The van der Waals surface area contributed by atoms with Crippen LogP contribution in [0.25, 0.3) is 0 Å². The highest BCUT2D eigenvalue weighted by molar-refractivity contribution is 5.85. The number of rotatable bonds is 2. The van der Waals surface area contributed by atoms with Crippen LogP contribution < -0.4 is 5.32 Å². The number of alkyl halides is 2. The molecule has 0 aromatic rings. The summed E-state index contributed by atoms with van der Waals surface area (Å²) in [5.41, 5.74) is 0. The lowest BCUT2D eigenvalue weighted by atomic mass is 9.94. The number of ether oxygens (including phenoxy) is 1. The molecule has 0 spiro atoms. The molecule has 2 nitrogen and oxygen atoms in total. The van der Waals surface area contributed by atoms with Crippen LogP contribution in [-0.2, 0) is 4.74 Å². The third-order valence-electron chi connectivity index (χ3n) is 3.85. The molecule has 1 saturated carbocycles. The molecule has 3 fully saturated rings. The number of hydrogen-bond donors (Lipinski definition) is 1. The molecule has 0 radical (unpaired) electrons. The molecule has 3 aliphatic rings. The first-order chi connectivity index (χ1) is 6.71. The van der Waals surface area contributed by atoms with E-state index >= 15 is 0 Å². The molecule has 0 aromatic carbocycles. The lowest BCUT2D eigenvalue weighted by Gasteiger charge is -2.27. The molecule has 1 aliphatic carbocycles. The van der Waals surface area contributed by atoms with Gasteiger partial charge in [0.2, 0.25) is 0 Å². The van der Waals surface area contributed by atoms with Crippen molar-refractivity contribution in [3.63, 3.8) is 0 Å². The van der Waals surface area contributed by atoms with E-state index in [1.54, 1.807) is 0 Å². The predicted octanol–water partition coefficient (Wildman–Crippen LogP) is 1.69. The van der Waals surface area contributed by atoms with Crippen LogP contribution in [0.4, 0.5) is 8.78 Å². The first-order valence-electron chi connectivity index (χ1n) is 5.41. The van der Waals surface area contributed by atoms with E-state index in [9.17, 15) is 8.78 Å². The molecular formula is C10H16ClF2NO. The van der Waals surface area contributed by atoms with Gasteiger partial charge < -0.3 is 10.1 Å². The molecule has 3 rings (SSSR count). The molecule has 0 amide bonds. The molecule has 0 aromatic heterocycles. The summed E-state index contributed by atoms with van der Waals surface area (Å²) in [6, 6.07) is 0. The molecule has 15 heavy (non-hydrogen) atoms. The number of nitrogens with one attached hydrogen (secondary N) is 1. The first-order valence-corrected chi connectivity index (χ1v) is 5.41.